The van der Waals surface area contributed by atoms with Crippen molar-refractivity contribution in [3.8, 4) is 5.75 Å². The zero-order chi connectivity index (χ0) is 11.4. The van der Waals surface area contributed by atoms with E-state index in [9.17, 15) is 9.59 Å². The lowest BCUT2D eigenvalue weighted by Crippen LogP contribution is -2.05. The molecule has 0 N–H and O–H groups in total. The summed E-state index contributed by atoms with van der Waals surface area (Å²) in [5.74, 6) is -0.364. The van der Waals surface area contributed by atoms with Crippen LogP contribution in [-0.4, -0.2) is 19.0 Å². The Labute approximate surface area is 101 Å². The van der Waals surface area contributed by atoms with Gasteiger partial charge in [-0.15, -0.1) is 0 Å². The van der Waals surface area contributed by atoms with E-state index < -0.39 is 11.9 Å². The number of carbonyl (C=O) groups is 2. The van der Waals surface area contributed by atoms with Gasteiger partial charge in [-0.3, -0.25) is 4.79 Å². The molecule has 0 fully saturated rings. The molecule has 0 amide bonds. The number of carbonyl (C=O) groups excluding carboxylic acids is 2. The quantitative estimate of drug-likeness (QED) is 0.475. The first-order valence-electron chi connectivity index (χ1n) is 4.11. The van der Waals surface area contributed by atoms with E-state index in [0.717, 1.165) is 0 Å². The summed E-state index contributed by atoms with van der Waals surface area (Å²) in [6.07, 6.45) is 0. The number of methoxy groups -OCH3 is 1. The SMILES string of the molecule is COC(=O)c1ccc(OC(C)=O)c(I)c1. The average Bonchev–Trinajstić information content (AvgIpc) is 2.19. The number of benzene rings is 1. The fraction of sp³-hybridized carbons (Fsp3) is 0.200. The number of hydrogen-bond acceptors (Lipinski definition) is 4. The van der Waals surface area contributed by atoms with E-state index in [4.69, 9.17) is 4.74 Å². The molecule has 80 valence electrons. The van der Waals surface area contributed by atoms with Gasteiger partial charge in [-0.1, -0.05) is 0 Å². The largest absolute Gasteiger partial charge is 0.465 e. The van der Waals surface area contributed by atoms with Gasteiger partial charge < -0.3 is 9.47 Å². The Morgan fingerprint density at radius 1 is 1.33 bits per heavy atom. The minimum Gasteiger partial charge on any atom is -0.465 e. The maximum absolute atomic E-state index is 11.2. The summed E-state index contributed by atoms with van der Waals surface area (Å²) in [6.45, 7) is 1.32. The van der Waals surface area contributed by atoms with Crippen molar-refractivity contribution < 1.29 is 19.1 Å². The van der Waals surface area contributed by atoms with Gasteiger partial charge in [0.25, 0.3) is 0 Å². The van der Waals surface area contributed by atoms with E-state index in [0.29, 0.717) is 14.9 Å². The molecule has 0 atom stereocenters. The van der Waals surface area contributed by atoms with Crippen LogP contribution < -0.4 is 4.74 Å². The van der Waals surface area contributed by atoms with Crippen molar-refractivity contribution >= 4 is 34.5 Å². The first-order valence-corrected chi connectivity index (χ1v) is 5.18. The normalized spacial score (nSPS) is 9.53. The van der Waals surface area contributed by atoms with Crippen LogP contribution in [0.1, 0.15) is 17.3 Å². The molecular weight excluding hydrogens is 311 g/mol. The fourth-order valence-corrected chi connectivity index (χ4v) is 1.61. The van der Waals surface area contributed by atoms with E-state index >= 15 is 0 Å². The van der Waals surface area contributed by atoms with Gasteiger partial charge in [0.15, 0.2) is 0 Å². The molecule has 4 nitrogen and oxygen atoms in total. The summed E-state index contributed by atoms with van der Waals surface area (Å²) < 4.78 is 10.2. The molecule has 0 bridgehead atoms. The van der Waals surface area contributed by atoms with E-state index in [1.807, 2.05) is 22.6 Å². The molecule has 0 aromatic heterocycles. The zero-order valence-electron chi connectivity index (χ0n) is 8.24. The second-order valence-corrected chi connectivity index (χ2v) is 3.89. The van der Waals surface area contributed by atoms with Crippen molar-refractivity contribution in [3.63, 3.8) is 0 Å². The minimum atomic E-state index is -0.415. The Morgan fingerprint density at radius 3 is 2.47 bits per heavy atom. The fourth-order valence-electron chi connectivity index (χ4n) is 0.983. The molecule has 5 heteroatoms. The Morgan fingerprint density at radius 2 is 2.00 bits per heavy atom. The highest BCUT2D eigenvalue weighted by Gasteiger charge is 2.09. The van der Waals surface area contributed by atoms with Crippen molar-refractivity contribution in [1.82, 2.24) is 0 Å². The summed E-state index contributed by atoms with van der Waals surface area (Å²) in [5, 5.41) is 0. The van der Waals surface area contributed by atoms with Gasteiger partial charge >= 0.3 is 11.9 Å². The van der Waals surface area contributed by atoms with Crippen molar-refractivity contribution in [3.05, 3.63) is 27.3 Å². The van der Waals surface area contributed by atoms with Crippen LogP contribution in [0.15, 0.2) is 18.2 Å². The first kappa shape index (κ1) is 12.0. The predicted molar refractivity (Wildman–Crippen MR) is 61.8 cm³/mol. The molecule has 0 aliphatic heterocycles. The van der Waals surface area contributed by atoms with E-state index in [-0.39, 0.29) is 0 Å². The number of ether oxygens (including phenoxy) is 2. The number of hydrogen-bond donors (Lipinski definition) is 0. The smallest absolute Gasteiger partial charge is 0.337 e. The third-order valence-corrected chi connectivity index (χ3v) is 2.45. The van der Waals surface area contributed by atoms with Crippen LogP contribution in [0.25, 0.3) is 0 Å². The molecular formula is C10H9IO4. The Hall–Kier alpha value is -1.11. The van der Waals surface area contributed by atoms with Gasteiger partial charge in [-0.25, -0.2) is 4.79 Å². The molecule has 0 saturated carbocycles. The third kappa shape index (κ3) is 3.19. The Bertz CT molecular complexity index is 400. The molecule has 1 aromatic rings. The maximum atomic E-state index is 11.2. The molecule has 0 aliphatic rings. The lowest BCUT2D eigenvalue weighted by molar-refractivity contribution is -0.131. The van der Waals surface area contributed by atoms with Crippen LogP contribution >= 0.6 is 22.6 Å². The third-order valence-electron chi connectivity index (χ3n) is 1.61. The zero-order valence-corrected chi connectivity index (χ0v) is 10.4. The van der Waals surface area contributed by atoms with Crippen LogP contribution in [0.5, 0.6) is 5.75 Å². The molecule has 0 spiro atoms. The first-order chi connectivity index (χ1) is 7.04. The average molecular weight is 320 g/mol. The molecule has 1 rings (SSSR count). The number of esters is 2. The molecule has 0 unspecified atom stereocenters. The number of rotatable bonds is 2. The monoisotopic (exact) mass is 320 g/mol. The molecule has 0 aliphatic carbocycles. The van der Waals surface area contributed by atoms with Crippen LogP contribution in [-0.2, 0) is 9.53 Å². The maximum Gasteiger partial charge on any atom is 0.337 e. The minimum absolute atomic E-state index is 0.390. The van der Waals surface area contributed by atoms with Crippen molar-refractivity contribution in [2.75, 3.05) is 7.11 Å². The molecule has 15 heavy (non-hydrogen) atoms. The topological polar surface area (TPSA) is 52.6 Å². The van der Waals surface area contributed by atoms with Gasteiger partial charge in [-0.2, -0.15) is 0 Å². The van der Waals surface area contributed by atoms with Crippen molar-refractivity contribution in [1.29, 1.82) is 0 Å². The lowest BCUT2D eigenvalue weighted by Gasteiger charge is -2.05. The predicted octanol–water partition coefficient (Wildman–Crippen LogP) is 2.00. The summed E-state index contributed by atoms with van der Waals surface area (Å²) in [6, 6.07) is 4.71. The van der Waals surface area contributed by atoms with Gasteiger partial charge in [0, 0.05) is 6.92 Å². The van der Waals surface area contributed by atoms with Crippen LogP contribution in [0.4, 0.5) is 0 Å². The Kier molecular flexibility index (Phi) is 4.07. The standard InChI is InChI=1S/C10H9IO4/c1-6(12)15-9-4-3-7(5-8(9)11)10(13)14-2/h3-5H,1-2H3. The van der Waals surface area contributed by atoms with Crippen LogP contribution in [0, 0.1) is 3.57 Å². The summed E-state index contributed by atoms with van der Waals surface area (Å²) >= 11 is 1.98. The highest BCUT2D eigenvalue weighted by Crippen LogP contribution is 2.22. The second kappa shape index (κ2) is 5.11. The van der Waals surface area contributed by atoms with E-state index in [1.54, 1.807) is 18.2 Å². The van der Waals surface area contributed by atoms with Gasteiger partial charge in [0.05, 0.1) is 16.2 Å². The molecule has 0 radical (unpaired) electrons. The van der Waals surface area contributed by atoms with Gasteiger partial charge in [0.2, 0.25) is 0 Å². The van der Waals surface area contributed by atoms with Gasteiger partial charge in [0.1, 0.15) is 5.75 Å². The Balaban J connectivity index is 2.97. The number of halogens is 1. The molecule has 0 heterocycles. The van der Waals surface area contributed by atoms with E-state index in [2.05, 4.69) is 4.74 Å². The second-order valence-electron chi connectivity index (χ2n) is 2.73. The van der Waals surface area contributed by atoms with Crippen molar-refractivity contribution in [2.45, 2.75) is 6.92 Å². The van der Waals surface area contributed by atoms with Crippen LogP contribution in [0.2, 0.25) is 0 Å². The van der Waals surface area contributed by atoms with Crippen LogP contribution in [0.3, 0.4) is 0 Å². The highest BCUT2D eigenvalue weighted by molar-refractivity contribution is 14.1. The summed E-state index contributed by atoms with van der Waals surface area (Å²) in [7, 11) is 1.31. The molecule has 0 saturated heterocycles. The highest BCUT2D eigenvalue weighted by atomic mass is 127. The van der Waals surface area contributed by atoms with Gasteiger partial charge in [-0.05, 0) is 40.8 Å². The molecule has 1 aromatic carbocycles. The lowest BCUT2D eigenvalue weighted by atomic mass is 10.2. The summed E-state index contributed by atoms with van der Waals surface area (Å²) in [4.78, 5) is 21.9. The van der Waals surface area contributed by atoms with Crippen molar-refractivity contribution in [2.24, 2.45) is 0 Å². The summed E-state index contributed by atoms with van der Waals surface area (Å²) in [5.41, 5.74) is 0.429. The van der Waals surface area contributed by atoms with E-state index in [1.165, 1.54) is 14.0 Å².